The zero-order valence-electron chi connectivity index (χ0n) is 6.91. The van der Waals surface area contributed by atoms with E-state index in [4.69, 9.17) is 5.11 Å². The topological polar surface area (TPSA) is 69.6 Å². The van der Waals surface area contributed by atoms with Crippen LogP contribution in [-0.4, -0.2) is 34.4 Å². The summed E-state index contributed by atoms with van der Waals surface area (Å²) in [6.07, 6.45) is 1.38. The molecule has 2 unspecified atom stereocenters. The number of halogens is 1. The van der Waals surface area contributed by atoms with Crippen molar-refractivity contribution in [1.82, 2.24) is 5.32 Å². The summed E-state index contributed by atoms with van der Waals surface area (Å²) in [6, 6.07) is -0.809. The van der Waals surface area contributed by atoms with Crippen molar-refractivity contribution < 1.29 is 15.0 Å². The van der Waals surface area contributed by atoms with Crippen LogP contribution in [0.4, 0.5) is 0 Å². The Morgan fingerprint density at radius 2 is 2.25 bits per heavy atom. The maximum absolute atomic E-state index is 10.5. The molecule has 0 bridgehead atoms. The lowest BCUT2D eigenvalue weighted by Crippen LogP contribution is -2.57. The van der Waals surface area contributed by atoms with Crippen LogP contribution in [0.2, 0.25) is 0 Å². The fourth-order valence-corrected chi connectivity index (χ4v) is 1.41. The molecule has 0 aromatic heterocycles. The van der Waals surface area contributed by atoms with Gasteiger partial charge in [-0.3, -0.25) is 4.79 Å². The van der Waals surface area contributed by atoms with Crippen LogP contribution in [0.5, 0.6) is 0 Å². The third-order valence-corrected chi connectivity index (χ3v) is 2.08. The largest absolute Gasteiger partial charge is 0.480 e. The van der Waals surface area contributed by atoms with Gasteiger partial charge in [0.05, 0.1) is 5.60 Å². The van der Waals surface area contributed by atoms with Crippen molar-refractivity contribution in [2.24, 2.45) is 0 Å². The zero-order chi connectivity index (χ0) is 8.48. The fourth-order valence-electron chi connectivity index (χ4n) is 1.41. The van der Waals surface area contributed by atoms with Crippen molar-refractivity contribution in [2.75, 3.05) is 6.54 Å². The quantitative estimate of drug-likeness (QED) is 0.551. The van der Waals surface area contributed by atoms with E-state index in [-0.39, 0.29) is 12.4 Å². The van der Waals surface area contributed by atoms with Crippen molar-refractivity contribution in [3.63, 3.8) is 0 Å². The molecular formula is C7H14ClNO3. The second-order valence-electron chi connectivity index (χ2n) is 3.19. The van der Waals surface area contributed by atoms with Crippen LogP contribution in [0.3, 0.4) is 0 Å². The summed E-state index contributed by atoms with van der Waals surface area (Å²) in [6.45, 7) is 2.23. The minimum atomic E-state index is -1.09. The van der Waals surface area contributed by atoms with Crippen molar-refractivity contribution >= 4 is 18.4 Å². The van der Waals surface area contributed by atoms with Gasteiger partial charge in [-0.25, -0.2) is 0 Å². The molecule has 0 aromatic carbocycles. The highest BCUT2D eigenvalue weighted by Gasteiger charge is 2.39. The van der Waals surface area contributed by atoms with Crippen LogP contribution in [0.1, 0.15) is 19.8 Å². The van der Waals surface area contributed by atoms with Gasteiger partial charge >= 0.3 is 5.97 Å². The molecule has 4 nitrogen and oxygen atoms in total. The van der Waals surface area contributed by atoms with E-state index in [9.17, 15) is 9.90 Å². The van der Waals surface area contributed by atoms with Gasteiger partial charge in [0, 0.05) is 0 Å². The van der Waals surface area contributed by atoms with Gasteiger partial charge in [0.15, 0.2) is 0 Å². The smallest absolute Gasteiger partial charge is 0.323 e. The van der Waals surface area contributed by atoms with Crippen LogP contribution >= 0.6 is 12.4 Å². The molecule has 5 heteroatoms. The van der Waals surface area contributed by atoms with E-state index < -0.39 is 17.6 Å². The fraction of sp³-hybridized carbons (Fsp3) is 0.857. The number of carbonyl (C=O) groups is 1. The Bertz CT molecular complexity index is 172. The summed E-state index contributed by atoms with van der Waals surface area (Å²) in [5, 5.41) is 21.0. The second kappa shape index (κ2) is 4.07. The van der Waals surface area contributed by atoms with E-state index >= 15 is 0 Å². The van der Waals surface area contributed by atoms with Gasteiger partial charge in [0.2, 0.25) is 0 Å². The minimum absolute atomic E-state index is 0. The molecule has 0 radical (unpaired) electrons. The number of piperidine rings is 1. The Kier molecular flexibility index (Phi) is 3.96. The van der Waals surface area contributed by atoms with E-state index in [1.807, 2.05) is 0 Å². The summed E-state index contributed by atoms with van der Waals surface area (Å²) in [7, 11) is 0. The first-order valence-corrected chi connectivity index (χ1v) is 3.72. The third kappa shape index (κ3) is 2.33. The van der Waals surface area contributed by atoms with Gasteiger partial charge in [-0.2, -0.15) is 0 Å². The molecule has 0 spiro atoms. The predicted octanol–water partition coefficient (Wildman–Crippen LogP) is -0.00420. The molecule has 1 rings (SSSR count). The van der Waals surface area contributed by atoms with Gasteiger partial charge in [-0.15, -0.1) is 12.4 Å². The summed E-state index contributed by atoms with van der Waals surface area (Å²) >= 11 is 0. The van der Waals surface area contributed by atoms with Crippen molar-refractivity contribution in [3.8, 4) is 0 Å². The molecule has 1 heterocycles. The molecule has 0 aliphatic carbocycles. The molecule has 2 atom stereocenters. The van der Waals surface area contributed by atoms with E-state index in [0.717, 1.165) is 6.42 Å². The molecule has 1 fully saturated rings. The maximum Gasteiger partial charge on any atom is 0.323 e. The Labute approximate surface area is 77.4 Å². The van der Waals surface area contributed by atoms with Gasteiger partial charge < -0.3 is 15.5 Å². The first-order valence-electron chi connectivity index (χ1n) is 3.72. The average Bonchev–Trinajstić information content (AvgIpc) is 1.85. The Balaban J connectivity index is 0.00000121. The summed E-state index contributed by atoms with van der Waals surface area (Å²) in [4.78, 5) is 10.5. The monoisotopic (exact) mass is 195 g/mol. The summed E-state index contributed by atoms with van der Waals surface area (Å²) in [5.74, 6) is -0.977. The van der Waals surface area contributed by atoms with Crippen molar-refractivity contribution in [1.29, 1.82) is 0 Å². The SMILES string of the molecule is CC1(O)CCCNC1C(=O)O.Cl. The van der Waals surface area contributed by atoms with Crippen LogP contribution in [0.25, 0.3) is 0 Å². The van der Waals surface area contributed by atoms with Crippen LogP contribution in [0, 0.1) is 0 Å². The average molecular weight is 196 g/mol. The number of hydrogen-bond donors (Lipinski definition) is 3. The van der Waals surface area contributed by atoms with Crippen LogP contribution < -0.4 is 5.32 Å². The molecule has 0 aromatic rings. The van der Waals surface area contributed by atoms with Gasteiger partial charge in [0.1, 0.15) is 6.04 Å². The second-order valence-corrected chi connectivity index (χ2v) is 3.19. The molecular weight excluding hydrogens is 182 g/mol. The third-order valence-electron chi connectivity index (χ3n) is 2.08. The Hall–Kier alpha value is -0.320. The van der Waals surface area contributed by atoms with Crippen LogP contribution in [-0.2, 0) is 4.79 Å². The summed E-state index contributed by atoms with van der Waals surface area (Å²) < 4.78 is 0. The molecule has 1 aliphatic heterocycles. The highest BCUT2D eigenvalue weighted by atomic mass is 35.5. The number of nitrogens with one attached hydrogen (secondary N) is 1. The van der Waals surface area contributed by atoms with Crippen LogP contribution in [0.15, 0.2) is 0 Å². The Morgan fingerprint density at radius 1 is 1.67 bits per heavy atom. The first kappa shape index (κ1) is 11.7. The molecule has 1 aliphatic rings. The lowest BCUT2D eigenvalue weighted by molar-refractivity contribution is -0.148. The molecule has 0 amide bonds. The van der Waals surface area contributed by atoms with Crippen molar-refractivity contribution in [2.45, 2.75) is 31.4 Å². The lowest BCUT2D eigenvalue weighted by atomic mass is 9.88. The number of carboxylic acid groups (broad SMARTS) is 1. The number of rotatable bonds is 1. The summed E-state index contributed by atoms with van der Waals surface area (Å²) in [5.41, 5.74) is -1.09. The van der Waals surface area contributed by atoms with E-state index in [2.05, 4.69) is 5.32 Å². The first-order chi connectivity index (χ1) is 5.04. The van der Waals surface area contributed by atoms with Gasteiger partial charge in [0.25, 0.3) is 0 Å². The molecule has 72 valence electrons. The highest BCUT2D eigenvalue weighted by Crippen LogP contribution is 2.20. The lowest BCUT2D eigenvalue weighted by Gasteiger charge is -2.34. The molecule has 12 heavy (non-hydrogen) atoms. The van der Waals surface area contributed by atoms with E-state index in [1.165, 1.54) is 0 Å². The zero-order valence-corrected chi connectivity index (χ0v) is 7.73. The van der Waals surface area contributed by atoms with Gasteiger partial charge in [-0.05, 0) is 26.3 Å². The molecule has 3 N–H and O–H groups in total. The van der Waals surface area contributed by atoms with Gasteiger partial charge in [-0.1, -0.05) is 0 Å². The Morgan fingerprint density at radius 3 is 2.58 bits per heavy atom. The maximum atomic E-state index is 10.5. The number of aliphatic carboxylic acids is 1. The molecule has 1 saturated heterocycles. The molecule has 0 saturated carbocycles. The predicted molar refractivity (Wildman–Crippen MR) is 46.5 cm³/mol. The normalized spacial score (nSPS) is 35.3. The van der Waals surface area contributed by atoms with E-state index in [1.54, 1.807) is 6.92 Å². The number of hydrogen-bond acceptors (Lipinski definition) is 3. The van der Waals surface area contributed by atoms with Crippen molar-refractivity contribution in [3.05, 3.63) is 0 Å². The standard InChI is InChI=1S/C7H13NO3.ClH/c1-7(11)3-2-4-8-5(7)6(9)10;/h5,8,11H,2-4H2,1H3,(H,9,10);1H. The van der Waals surface area contributed by atoms with E-state index in [0.29, 0.717) is 13.0 Å². The number of aliphatic hydroxyl groups is 1. The highest BCUT2D eigenvalue weighted by molar-refractivity contribution is 5.85. The number of carboxylic acids is 1. The minimum Gasteiger partial charge on any atom is -0.480 e.